The number of anilines is 2. The van der Waals surface area contributed by atoms with E-state index in [1.807, 2.05) is 32.0 Å². The normalized spacial score (nSPS) is 10.4. The summed E-state index contributed by atoms with van der Waals surface area (Å²) in [5.41, 5.74) is 8.79. The molecule has 21 heavy (non-hydrogen) atoms. The third-order valence-electron chi connectivity index (χ3n) is 3.23. The Morgan fingerprint density at radius 2 is 2.00 bits per heavy atom. The van der Waals surface area contributed by atoms with E-state index in [1.165, 1.54) is 0 Å². The number of rotatable bonds is 4. The molecule has 0 aliphatic heterocycles. The summed E-state index contributed by atoms with van der Waals surface area (Å²) >= 11 is 6.22. The van der Waals surface area contributed by atoms with Crippen LogP contribution in [0.25, 0.3) is 0 Å². The molecule has 110 valence electrons. The second kappa shape index (κ2) is 6.64. The number of amides is 1. The molecule has 3 nitrogen and oxygen atoms in total. The van der Waals surface area contributed by atoms with Crippen LogP contribution in [0.4, 0.5) is 11.4 Å². The number of nitrogens with zero attached hydrogens (tertiary/aromatic N) is 1. The Morgan fingerprint density at radius 3 is 2.62 bits per heavy atom. The van der Waals surface area contributed by atoms with Crippen LogP contribution in [-0.2, 0) is 0 Å². The minimum atomic E-state index is -0.104. The van der Waals surface area contributed by atoms with Crippen LogP contribution in [0.3, 0.4) is 0 Å². The monoisotopic (exact) mass is 302 g/mol. The number of nitrogens with two attached hydrogens (primary N) is 1. The Balaban J connectivity index is 2.40. The Labute approximate surface area is 130 Å². The lowest BCUT2D eigenvalue weighted by molar-refractivity contribution is 0.0987. The molecule has 0 unspecified atom stereocenters. The summed E-state index contributed by atoms with van der Waals surface area (Å²) < 4.78 is 0. The maximum Gasteiger partial charge on any atom is 0.259 e. The fraction of sp³-hybridized carbons (Fsp3) is 0.235. The van der Waals surface area contributed by atoms with Crippen molar-refractivity contribution in [2.45, 2.75) is 20.3 Å². The molecule has 2 rings (SSSR count). The lowest BCUT2D eigenvalue weighted by atomic mass is 10.1. The largest absolute Gasteiger partial charge is 0.399 e. The van der Waals surface area contributed by atoms with Gasteiger partial charge in [0, 0.05) is 17.9 Å². The quantitative estimate of drug-likeness (QED) is 0.857. The highest BCUT2D eigenvalue weighted by Crippen LogP contribution is 2.24. The molecule has 0 aliphatic carbocycles. The first-order chi connectivity index (χ1) is 10.0. The highest BCUT2D eigenvalue weighted by atomic mass is 35.5. The first-order valence-electron chi connectivity index (χ1n) is 6.96. The van der Waals surface area contributed by atoms with Gasteiger partial charge in [0.1, 0.15) is 0 Å². The Morgan fingerprint density at radius 1 is 1.24 bits per heavy atom. The third kappa shape index (κ3) is 3.56. The molecule has 2 aromatic rings. The van der Waals surface area contributed by atoms with E-state index < -0.39 is 0 Å². The maximum absolute atomic E-state index is 12.8. The van der Waals surface area contributed by atoms with Crippen molar-refractivity contribution in [1.82, 2.24) is 0 Å². The predicted octanol–water partition coefficient (Wildman–Crippen LogP) is 4.29. The summed E-state index contributed by atoms with van der Waals surface area (Å²) in [7, 11) is 0. The summed E-state index contributed by atoms with van der Waals surface area (Å²) in [6.07, 6.45) is 0.851. The second-order valence-corrected chi connectivity index (χ2v) is 5.44. The van der Waals surface area contributed by atoms with E-state index >= 15 is 0 Å². The van der Waals surface area contributed by atoms with E-state index in [2.05, 4.69) is 0 Å². The summed E-state index contributed by atoms with van der Waals surface area (Å²) in [4.78, 5) is 14.5. The topological polar surface area (TPSA) is 46.3 Å². The van der Waals surface area contributed by atoms with Crippen LogP contribution in [0.1, 0.15) is 29.3 Å². The van der Waals surface area contributed by atoms with Crippen LogP contribution < -0.4 is 10.6 Å². The summed E-state index contributed by atoms with van der Waals surface area (Å²) in [5.74, 6) is -0.104. The average Bonchev–Trinajstić information content (AvgIpc) is 2.44. The van der Waals surface area contributed by atoms with Crippen molar-refractivity contribution < 1.29 is 4.79 Å². The van der Waals surface area contributed by atoms with Crippen molar-refractivity contribution in [3.63, 3.8) is 0 Å². The number of benzene rings is 2. The fourth-order valence-corrected chi connectivity index (χ4v) is 2.52. The van der Waals surface area contributed by atoms with Gasteiger partial charge in [-0.3, -0.25) is 4.79 Å². The first kappa shape index (κ1) is 15.4. The van der Waals surface area contributed by atoms with Crippen molar-refractivity contribution in [3.8, 4) is 0 Å². The molecule has 2 aromatic carbocycles. The van der Waals surface area contributed by atoms with Crippen molar-refractivity contribution in [1.29, 1.82) is 0 Å². The third-order valence-corrected chi connectivity index (χ3v) is 3.54. The molecule has 0 bridgehead atoms. The van der Waals surface area contributed by atoms with Gasteiger partial charge >= 0.3 is 0 Å². The highest BCUT2D eigenvalue weighted by molar-refractivity contribution is 6.34. The van der Waals surface area contributed by atoms with Gasteiger partial charge in [-0.15, -0.1) is 0 Å². The molecule has 1 amide bonds. The second-order valence-electron chi connectivity index (χ2n) is 5.04. The minimum absolute atomic E-state index is 0.104. The molecule has 0 saturated carbocycles. The zero-order valence-electron chi connectivity index (χ0n) is 12.3. The Kier molecular flexibility index (Phi) is 4.86. The molecule has 0 heterocycles. The van der Waals surface area contributed by atoms with Gasteiger partial charge in [-0.2, -0.15) is 0 Å². The van der Waals surface area contributed by atoms with Crippen LogP contribution in [0.2, 0.25) is 5.02 Å². The van der Waals surface area contributed by atoms with Gasteiger partial charge in [0.25, 0.3) is 5.91 Å². The molecule has 4 heteroatoms. The molecular formula is C17H19ClN2O. The molecule has 0 aromatic heterocycles. The average molecular weight is 303 g/mol. The van der Waals surface area contributed by atoms with Gasteiger partial charge in [0.05, 0.1) is 10.6 Å². The van der Waals surface area contributed by atoms with Crippen LogP contribution in [-0.4, -0.2) is 12.5 Å². The van der Waals surface area contributed by atoms with E-state index in [4.69, 9.17) is 17.3 Å². The molecule has 2 N–H and O–H groups in total. The van der Waals surface area contributed by atoms with E-state index in [0.717, 1.165) is 17.7 Å². The number of halogens is 1. The molecule has 0 fully saturated rings. The van der Waals surface area contributed by atoms with Crippen LogP contribution >= 0.6 is 11.6 Å². The van der Waals surface area contributed by atoms with Crippen LogP contribution in [0, 0.1) is 6.92 Å². The number of carbonyl (C=O) groups excluding carboxylic acids is 1. The number of hydrogen-bond acceptors (Lipinski definition) is 2. The van der Waals surface area contributed by atoms with E-state index in [-0.39, 0.29) is 5.91 Å². The Hall–Kier alpha value is -2.00. The fourth-order valence-electron chi connectivity index (χ4n) is 2.20. The number of carbonyl (C=O) groups is 1. The molecule has 0 radical (unpaired) electrons. The SMILES string of the molecule is CCCN(C(=O)c1ccc(C)cc1Cl)c1cccc(N)c1. The molecular weight excluding hydrogens is 284 g/mol. The van der Waals surface area contributed by atoms with Gasteiger partial charge < -0.3 is 10.6 Å². The van der Waals surface area contributed by atoms with Crippen LogP contribution in [0.5, 0.6) is 0 Å². The van der Waals surface area contributed by atoms with Gasteiger partial charge in [-0.1, -0.05) is 30.7 Å². The standard InChI is InChI=1S/C17H19ClN2O/c1-3-9-20(14-6-4-5-13(19)11-14)17(21)15-8-7-12(2)10-16(15)18/h4-8,10-11H,3,9,19H2,1-2H3. The van der Waals surface area contributed by atoms with E-state index in [9.17, 15) is 4.79 Å². The summed E-state index contributed by atoms with van der Waals surface area (Å²) in [5, 5.41) is 0.477. The minimum Gasteiger partial charge on any atom is -0.399 e. The van der Waals surface area contributed by atoms with Crippen molar-refractivity contribution in [3.05, 3.63) is 58.6 Å². The number of aryl methyl sites for hydroxylation is 1. The van der Waals surface area contributed by atoms with Crippen molar-refractivity contribution in [2.24, 2.45) is 0 Å². The number of nitrogen functional groups attached to an aromatic ring is 1. The molecule has 0 atom stereocenters. The first-order valence-corrected chi connectivity index (χ1v) is 7.34. The van der Waals surface area contributed by atoms with Gasteiger partial charge in [0.15, 0.2) is 0 Å². The van der Waals surface area contributed by atoms with Gasteiger partial charge in [0.2, 0.25) is 0 Å². The lowest BCUT2D eigenvalue weighted by Gasteiger charge is -2.23. The summed E-state index contributed by atoms with van der Waals surface area (Å²) in [6.45, 7) is 4.59. The molecule has 0 aliphatic rings. The van der Waals surface area contributed by atoms with Crippen molar-refractivity contribution >= 4 is 28.9 Å². The predicted molar refractivity (Wildman–Crippen MR) is 89.0 cm³/mol. The lowest BCUT2D eigenvalue weighted by Crippen LogP contribution is -2.32. The maximum atomic E-state index is 12.8. The van der Waals surface area contributed by atoms with Gasteiger partial charge in [-0.25, -0.2) is 0 Å². The van der Waals surface area contributed by atoms with Crippen LogP contribution in [0.15, 0.2) is 42.5 Å². The summed E-state index contributed by atoms with van der Waals surface area (Å²) in [6, 6.07) is 12.8. The molecule has 0 saturated heterocycles. The van der Waals surface area contributed by atoms with Gasteiger partial charge in [-0.05, 0) is 49.2 Å². The Bertz CT molecular complexity index is 655. The highest BCUT2D eigenvalue weighted by Gasteiger charge is 2.19. The zero-order chi connectivity index (χ0) is 15.4. The van der Waals surface area contributed by atoms with E-state index in [1.54, 1.807) is 29.2 Å². The smallest absolute Gasteiger partial charge is 0.259 e. The number of hydrogen-bond donors (Lipinski definition) is 1. The van der Waals surface area contributed by atoms with E-state index in [0.29, 0.717) is 22.8 Å². The molecule has 0 spiro atoms. The van der Waals surface area contributed by atoms with Crippen molar-refractivity contribution in [2.75, 3.05) is 17.2 Å². The zero-order valence-corrected chi connectivity index (χ0v) is 13.0.